The molecule has 0 bridgehead atoms. The molecule has 1 aliphatic rings. The number of ether oxygens (including phenoxy) is 1. The molecule has 1 fully saturated rings. The average molecular weight is 259 g/mol. The molecule has 0 aliphatic carbocycles. The van der Waals surface area contributed by atoms with Crippen molar-refractivity contribution in [3.05, 3.63) is 29.7 Å². The van der Waals surface area contributed by atoms with E-state index in [1.54, 1.807) is 0 Å². The van der Waals surface area contributed by atoms with Gasteiger partial charge in [-0.05, 0) is 38.8 Å². The average Bonchev–Trinajstić information content (AvgIpc) is 3.01. The number of rotatable bonds is 2. The zero-order valence-electron chi connectivity index (χ0n) is 11.1. The largest absolute Gasteiger partial charge is 0.368 e. The molecule has 1 saturated heterocycles. The van der Waals surface area contributed by atoms with Crippen LogP contribution in [-0.2, 0) is 9.53 Å². The lowest BCUT2D eigenvalue weighted by Gasteiger charge is -2.10. The van der Waals surface area contributed by atoms with Crippen molar-refractivity contribution in [2.24, 2.45) is 0 Å². The van der Waals surface area contributed by atoms with Crippen molar-refractivity contribution in [1.82, 2.24) is 9.38 Å². The van der Waals surface area contributed by atoms with Gasteiger partial charge in [-0.3, -0.25) is 4.79 Å². The Labute approximate surface area is 111 Å². The van der Waals surface area contributed by atoms with Gasteiger partial charge >= 0.3 is 0 Å². The molecule has 1 amide bonds. The van der Waals surface area contributed by atoms with Crippen LogP contribution in [0.3, 0.4) is 0 Å². The van der Waals surface area contributed by atoms with Gasteiger partial charge in [0.15, 0.2) is 0 Å². The zero-order valence-corrected chi connectivity index (χ0v) is 11.1. The monoisotopic (exact) mass is 259 g/mol. The molecule has 0 saturated carbocycles. The molecule has 2 aromatic rings. The Bertz CT molecular complexity index is 627. The van der Waals surface area contributed by atoms with Gasteiger partial charge < -0.3 is 14.5 Å². The van der Waals surface area contributed by atoms with Crippen LogP contribution in [0.4, 0.5) is 5.69 Å². The summed E-state index contributed by atoms with van der Waals surface area (Å²) in [7, 11) is 0. The van der Waals surface area contributed by atoms with Crippen LogP contribution in [-0.4, -0.2) is 28.0 Å². The number of hydrogen-bond acceptors (Lipinski definition) is 3. The van der Waals surface area contributed by atoms with E-state index in [4.69, 9.17) is 4.74 Å². The summed E-state index contributed by atoms with van der Waals surface area (Å²) in [6.45, 7) is 4.67. The molecule has 19 heavy (non-hydrogen) atoms. The van der Waals surface area contributed by atoms with Crippen molar-refractivity contribution in [1.29, 1.82) is 0 Å². The third-order valence-electron chi connectivity index (χ3n) is 3.58. The number of imidazole rings is 1. The number of carbonyl (C=O) groups is 1. The first-order valence-electron chi connectivity index (χ1n) is 6.53. The number of pyridine rings is 1. The lowest BCUT2D eigenvalue weighted by molar-refractivity contribution is -0.124. The summed E-state index contributed by atoms with van der Waals surface area (Å²) >= 11 is 0. The SMILES string of the molecule is Cc1nc2ccc(NC(=O)C3CCCO3)cn2c1C. The van der Waals surface area contributed by atoms with Gasteiger partial charge in [-0.2, -0.15) is 0 Å². The van der Waals surface area contributed by atoms with Crippen molar-refractivity contribution in [3.8, 4) is 0 Å². The lowest BCUT2D eigenvalue weighted by Crippen LogP contribution is -2.26. The highest BCUT2D eigenvalue weighted by Crippen LogP contribution is 2.18. The molecule has 1 aliphatic heterocycles. The van der Waals surface area contributed by atoms with E-state index in [1.165, 1.54) is 0 Å². The molecule has 100 valence electrons. The normalized spacial score (nSPS) is 18.9. The maximum Gasteiger partial charge on any atom is 0.253 e. The molecule has 5 heteroatoms. The second kappa shape index (κ2) is 4.66. The summed E-state index contributed by atoms with van der Waals surface area (Å²) in [5.74, 6) is -0.0636. The van der Waals surface area contributed by atoms with E-state index in [2.05, 4.69) is 10.3 Å². The van der Waals surface area contributed by atoms with E-state index < -0.39 is 0 Å². The van der Waals surface area contributed by atoms with Crippen LogP contribution in [0.2, 0.25) is 0 Å². The van der Waals surface area contributed by atoms with E-state index >= 15 is 0 Å². The standard InChI is InChI=1S/C14H17N3O2/c1-9-10(2)17-8-11(5-6-13(17)15-9)16-14(18)12-4-3-7-19-12/h5-6,8,12H,3-4,7H2,1-2H3,(H,16,18). The summed E-state index contributed by atoms with van der Waals surface area (Å²) in [5.41, 5.74) is 3.75. The first kappa shape index (κ1) is 12.2. The van der Waals surface area contributed by atoms with Crippen molar-refractivity contribution in [3.63, 3.8) is 0 Å². The number of aromatic nitrogens is 2. The fourth-order valence-corrected chi connectivity index (χ4v) is 2.36. The molecular weight excluding hydrogens is 242 g/mol. The Balaban J connectivity index is 1.84. The second-order valence-electron chi connectivity index (χ2n) is 4.92. The van der Waals surface area contributed by atoms with Crippen LogP contribution >= 0.6 is 0 Å². The van der Waals surface area contributed by atoms with E-state index in [0.717, 1.165) is 35.6 Å². The second-order valence-corrected chi connectivity index (χ2v) is 4.92. The van der Waals surface area contributed by atoms with Gasteiger partial charge in [0.1, 0.15) is 11.8 Å². The van der Waals surface area contributed by atoms with Crippen molar-refractivity contribution in [2.45, 2.75) is 32.8 Å². The van der Waals surface area contributed by atoms with Gasteiger partial charge in [-0.1, -0.05) is 0 Å². The molecule has 0 spiro atoms. The van der Waals surface area contributed by atoms with E-state index in [-0.39, 0.29) is 12.0 Å². The molecule has 2 aromatic heterocycles. The number of amides is 1. The van der Waals surface area contributed by atoms with E-state index in [1.807, 2.05) is 36.6 Å². The van der Waals surface area contributed by atoms with Crippen LogP contribution in [0.5, 0.6) is 0 Å². The van der Waals surface area contributed by atoms with Crippen LogP contribution < -0.4 is 5.32 Å². The molecule has 0 aromatic carbocycles. The number of carbonyl (C=O) groups excluding carboxylic acids is 1. The first-order valence-corrected chi connectivity index (χ1v) is 6.53. The van der Waals surface area contributed by atoms with Crippen LogP contribution in [0.25, 0.3) is 5.65 Å². The van der Waals surface area contributed by atoms with Gasteiger partial charge in [-0.25, -0.2) is 4.98 Å². The number of nitrogens with zero attached hydrogens (tertiary/aromatic N) is 2. The summed E-state index contributed by atoms with van der Waals surface area (Å²) in [6, 6.07) is 3.78. The number of nitrogens with one attached hydrogen (secondary N) is 1. The van der Waals surface area contributed by atoms with E-state index in [0.29, 0.717) is 6.61 Å². The van der Waals surface area contributed by atoms with Gasteiger partial charge in [0.25, 0.3) is 5.91 Å². The predicted octanol–water partition coefficient (Wildman–Crippen LogP) is 2.07. The predicted molar refractivity (Wildman–Crippen MR) is 72.3 cm³/mol. The highest BCUT2D eigenvalue weighted by atomic mass is 16.5. The number of fused-ring (bicyclic) bond motifs is 1. The summed E-state index contributed by atoms with van der Waals surface area (Å²) < 4.78 is 7.36. The van der Waals surface area contributed by atoms with Crippen molar-refractivity contribution >= 4 is 17.2 Å². The fourth-order valence-electron chi connectivity index (χ4n) is 2.36. The Morgan fingerprint density at radius 2 is 2.32 bits per heavy atom. The van der Waals surface area contributed by atoms with Crippen LogP contribution in [0.15, 0.2) is 18.3 Å². The third kappa shape index (κ3) is 2.21. The molecule has 1 atom stereocenters. The minimum absolute atomic E-state index is 0.0636. The number of anilines is 1. The minimum Gasteiger partial charge on any atom is -0.368 e. The van der Waals surface area contributed by atoms with E-state index in [9.17, 15) is 4.79 Å². The smallest absolute Gasteiger partial charge is 0.253 e. The van der Waals surface area contributed by atoms with Crippen molar-refractivity contribution in [2.75, 3.05) is 11.9 Å². The highest BCUT2D eigenvalue weighted by Gasteiger charge is 2.23. The topological polar surface area (TPSA) is 55.6 Å². The third-order valence-corrected chi connectivity index (χ3v) is 3.58. The molecular formula is C14H17N3O2. The zero-order chi connectivity index (χ0) is 13.4. The fraction of sp³-hybridized carbons (Fsp3) is 0.429. The molecule has 1 N–H and O–H groups in total. The number of hydrogen-bond donors (Lipinski definition) is 1. The molecule has 1 unspecified atom stereocenters. The quantitative estimate of drug-likeness (QED) is 0.898. The van der Waals surface area contributed by atoms with Gasteiger partial charge in [0, 0.05) is 18.5 Å². The molecule has 3 rings (SSSR count). The van der Waals surface area contributed by atoms with Crippen LogP contribution in [0.1, 0.15) is 24.2 Å². The van der Waals surface area contributed by atoms with Gasteiger partial charge in [0.05, 0.1) is 11.4 Å². The van der Waals surface area contributed by atoms with Crippen LogP contribution in [0, 0.1) is 13.8 Å². The van der Waals surface area contributed by atoms with Gasteiger partial charge in [0.2, 0.25) is 0 Å². The molecule has 0 radical (unpaired) electrons. The number of aryl methyl sites for hydroxylation is 2. The Kier molecular flexibility index (Phi) is 2.98. The van der Waals surface area contributed by atoms with Gasteiger partial charge in [-0.15, -0.1) is 0 Å². The maximum absolute atomic E-state index is 12.0. The summed E-state index contributed by atoms with van der Waals surface area (Å²) in [6.07, 6.45) is 3.35. The Morgan fingerprint density at radius 1 is 1.47 bits per heavy atom. The summed E-state index contributed by atoms with van der Waals surface area (Å²) in [4.78, 5) is 16.4. The Hall–Kier alpha value is -1.88. The minimum atomic E-state index is -0.304. The highest BCUT2D eigenvalue weighted by molar-refractivity contribution is 5.94. The maximum atomic E-state index is 12.0. The lowest BCUT2D eigenvalue weighted by atomic mass is 10.2. The Morgan fingerprint density at radius 3 is 3.05 bits per heavy atom. The molecule has 3 heterocycles. The van der Waals surface area contributed by atoms with Crippen molar-refractivity contribution < 1.29 is 9.53 Å². The molecule has 5 nitrogen and oxygen atoms in total. The first-order chi connectivity index (χ1) is 9.15. The summed E-state index contributed by atoms with van der Waals surface area (Å²) in [5, 5.41) is 2.90.